The third kappa shape index (κ3) is 4.16. The van der Waals surface area contributed by atoms with Gasteiger partial charge < -0.3 is 4.74 Å². The van der Waals surface area contributed by atoms with Crippen LogP contribution < -0.4 is 0 Å². The number of halogens is 8. The molecule has 5 aliphatic rings. The second-order valence-corrected chi connectivity index (χ2v) is 12.2. The zero-order valence-corrected chi connectivity index (χ0v) is 22.3. The average Bonchev–Trinajstić information content (AvgIpc) is 3.22. The molecule has 0 saturated heterocycles. The molecular formula is C29H26F8N2O3. The summed E-state index contributed by atoms with van der Waals surface area (Å²) in [7, 11) is 0.706. The average molecular weight is 603 g/mol. The number of nitro groups is 1. The third-order valence-electron chi connectivity index (χ3n) is 9.47. The first-order valence-corrected chi connectivity index (χ1v) is 13.6. The van der Waals surface area contributed by atoms with Gasteiger partial charge in [-0.15, -0.1) is 0 Å². The fourth-order valence-corrected chi connectivity index (χ4v) is 8.21. The molecule has 7 rings (SSSR count). The number of hydrogen-bond donors (Lipinski definition) is 0. The first-order chi connectivity index (χ1) is 19.5. The van der Waals surface area contributed by atoms with Crippen molar-refractivity contribution < 1.29 is 44.8 Å². The maximum absolute atomic E-state index is 16.4. The van der Waals surface area contributed by atoms with Gasteiger partial charge >= 0.3 is 23.9 Å². The first kappa shape index (κ1) is 29.0. The van der Waals surface area contributed by atoms with E-state index in [2.05, 4.69) is 4.99 Å². The van der Waals surface area contributed by atoms with Crippen LogP contribution in [0.4, 0.5) is 40.8 Å². The molecule has 0 heterocycles. The minimum atomic E-state index is -6.56. The molecule has 4 fully saturated rings. The van der Waals surface area contributed by atoms with E-state index in [9.17, 15) is 36.5 Å². The van der Waals surface area contributed by atoms with Crippen LogP contribution in [0.2, 0.25) is 0 Å². The van der Waals surface area contributed by atoms with Crippen molar-refractivity contribution in [2.75, 3.05) is 7.05 Å². The predicted molar refractivity (Wildman–Crippen MR) is 136 cm³/mol. The molecule has 0 aromatic heterocycles. The van der Waals surface area contributed by atoms with Crippen LogP contribution in [0.1, 0.15) is 55.2 Å². The molecule has 2 aromatic rings. The molecular weight excluding hydrogens is 576 g/mol. The van der Waals surface area contributed by atoms with Crippen LogP contribution in [0.5, 0.6) is 0 Å². The highest BCUT2D eigenvalue weighted by molar-refractivity contribution is 6.07. The van der Waals surface area contributed by atoms with E-state index < -0.39 is 45.7 Å². The molecule has 13 heteroatoms. The van der Waals surface area contributed by atoms with Crippen LogP contribution in [-0.2, 0) is 11.2 Å². The minimum Gasteiger partial charge on any atom is -0.346 e. The van der Waals surface area contributed by atoms with Crippen molar-refractivity contribution in [1.82, 2.24) is 0 Å². The van der Waals surface area contributed by atoms with Crippen LogP contribution in [-0.4, -0.2) is 47.2 Å². The molecule has 4 saturated carbocycles. The van der Waals surface area contributed by atoms with Crippen LogP contribution in [0.15, 0.2) is 41.4 Å². The Morgan fingerprint density at radius 3 is 1.83 bits per heavy atom. The van der Waals surface area contributed by atoms with Gasteiger partial charge in [0, 0.05) is 24.7 Å². The maximum Gasteiger partial charge on any atom is 0.433 e. The Morgan fingerprint density at radius 2 is 1.36 bits per heavy atom. The van der Waals surface area contributed by atoms with Gasteiger partial charge in [0.05, 0.1) is 10.5 Å². The number of hydrogen-bond acceptors (Lipinski definition) is 4. The highest BCUT2D eigenvalue weighted by atomic mass is 19.4. The lowest BCUT2D eigenvalue weighted by molar-refractivity contribution is -0.448. The Bertz CT molecular complexity index is 1430. The molecule has 4 bridgehead atoms. The van der Waals surface area contributed by atoms with Crippen molar-refractivity contribution in [3.05, 3.63) is 63.2 Å². The molecule has 0 amide bonds. The van der Waals surface area contributed by atoms with Crippen LogP contribution in [0.25, 0.3) is 11.1 Å². The first-order valence-electron chi connectivity index (χ1n) is 13.6. The predicted octanol–water partition coefficient (Wildman–Crippen LogP) is 8.07. The maximum atomic E-state index is 16.4. The Labute approximate surface area is 235 Å². The zero-order chi connectivity index (χ0) is 30.5. The second-order valence-electron chi connectivity index (χ2n) is 12.2. The molecule has 0 aliphatic heterocycles. The van der Waals surface area contributed by atoms with Crippen LogP contribution in [0.3, 0.4) is 0 Å². The molecule has 0 radical (unpaired) electrons. The zero-order valence-electron chi connectivity index (χ0n) is 22.3. The van der Waals surface area contributed by atoms with Crippen molar-refractivity contribution in [1.29, 1.82) is 0 Å². The Balaban J connectivity index is 1.47. The number of rotatable bonds is 6. The summed E-state index contributed by atoms with van der Waals surface area (Å²) in [6.07, 6.45) is -11.4. The van der Waals surface area contributed by atoms with Gasteiger partial charge in [-0.05, 0) is 91.0 Å². The lowest BCUT2D eigenvalue weighted by Crippen LogP contribution is -2.74. The summed E-state index contributed by atoms with van der Waals surface area (Å²) >= 11 is 0. The highest BCUT2D eigenvalue weighted by Crippen LogP contribution is 2.63. The van der Waals surface area contributed by atoms with E-state index in [1.54, 1.807) is 0 Å². The number of benzene rings is 2. The van der Waals surface area contributed by atoms with E-state index in [0.29, 0.717) is 37.4 Å². The summed E-state index contributed by atoms with van der Waals surface area (Å²) < 4.78 is 126. The number of ether oxygens (including phenoxy) is 1. The third-order valence-corrected chi connectivity index (χ3v) is 9.47. The molecule has 0 spiro atoms. The van der Waals surface area contributed by atoms with Gasteiger partial charge in [0.2, 0.25) is 0 Å². The van der Waals surface area contributed by atoms with Crippen molar-refractivity contribution in [3.8, 4) is 11.1 Å². The summed E-state index contributed by atoms with van der Waals surface area (Å²) in [5.74, 6) is -6.22. The van der Waals surface area contributed by atoms with E-state index >= 15 is 8.78 Å². The van der Waals surface area contributed by atoms with Gasteiger partial charge in [-0.25, -0.2) is 0 Å². The molecule has 0 atom stereocenters. The Morgan fingerprint density at radius 1 is 0.857 bits per heavy atom. The normalized spacial score (nSPS) is 27.3. The van der Waals surface area contributed by atoms with Gasteiger partial charge in [-0.2, -0.15) is 35.1 Å². The van der Waals surface area contributed by atoms with Gasteiger partial charge in [-0.3, -0.25) is 15.1 Å². The number of nitro benzene ring substituents is 1. The molecule has 0 unspecified atom stereocenters. The summed E-state index contributed by atoms with van der Waals surface area (Å²) in [4.78, 5) is 13.9. The monoisotopic (exact) mass is 602 g/mol. The standard InChI is InChI=1S/C29H26F8N2O3/c1-38-24(20-3-2-18-9-19-4-5-21(39(40)41)11-23(19)22(18)10-20)26(30,31)27(28(32,33)34,29(35,36)37)42-25-12-15-6-16(13-25)8-17(7-15)14-25/h2-5,10-11,15-17H,6-9,12-14H2,1H3. The second kappa shape index (κ2) is 9.20. The SMILES string of the molecule is CN=C(c1ccc2c(c1)-c1cc([N+](=O)[O-])ccc1C2)C(F)(F)C(OC12CC3CC(CC(C3)C1)C2)(C(F)(F)F)C(F)(F)F. The lowest BCUT2D eigenvalue weighted by atomic mass is 9.54. The van der Waals surface area contributed by atoms with Crippen molar-refractivity contribution in [2.24, 2.45) is 22.7 Å². The topological polar surface area (TPSA) is 64.7 Å². The fraction of sp³-hybridized carbons (Fsp3) is 0.552. The molecule has 226 valence electrons. The number of non-ortho nitro benzene ring substituents is 1. The Hall–Kier alpha value is -3.09. The number of alkyl halides is 8. The molecule has 42 heavy (non-hydrogen) atoms. The van der Waals surface area contributed by atoms with E-state index in [1.165, 1.54) is 24.3 Å². The quantitative estimate of drug-likeness (QED) is 0.124. The van der Waals surface area contributed by atoms with Crippen molar-refractivity contribution in [3.63, 3.8) is 0 Å². The molecule has 5 aliphatic carbocycles. The summed E-state index contributed by atoms with van der Waals surface area (Å²) in [5.41, 5.74) is -8.97. The molecule has 5 nitrogen and oxygen atoms in total. The summed E-state index contributed by atoms with van der Waals surface area (Å²) in [5, 5.41) is 11.3. The minimum absolute atomic E-state index is 0.142. The summed E-state index contributed by atoms with van der Waals surface area (Å²) in [6.45, 7) is 0. The molecule has 2 aromatic carbocycles. The fourth-order valence-electron chi connectivity index (χ4n) is 8.21. The number of nitrogens with zero attached hydrogens (tertiary/aromatic N) is 2. The molecule has 0 N–H and O–H groups in total. The highest BCUT2D eigenvalue weighted by Gasteiger charge is 2.86. The van der Waals surface area contributed by atoms with Gasteiger partial charge in [0.15, 0.2) is 0 Å². The largest absolute Gasteiger partial charge is 0.433 e. The van der Waals surface area contributed by atoms with Crippen LogP contribution >= 0.6 is 0 Å². The van der Waals surface area contributed by atoms with Crippen molar-refractivity contribution >= 4 is 11.4 Å². The van der Waals surface area contributed by atoms with E-state index in [4.69, 9.17) is 4.74 Å². The summed E-state index contributed by atoms with van der Waals surface area (Å²) in [6, 6.07) is 7.23. The number of aliphatic imine (C=N–C) groups is 1. The smallest absolute Gasteiger partial charge is 0.346 e. The van der Waals surface area contributed by atoms with E-state index in [1.807, 2.05) is 0 Å². The van der Waals surface area contributed by atoms with Gasteiger partial charge in [0.25, 0.3) is 5.69 Å². The van der Waals surface area contributed by atoms with E-state index in [0.717, 1.165) is 12.1 Å². The number of fused-ring (bicyclic) bond motifs is 3. The van der Waals surface area contributed by atoms with Crippen LogP contribution in [0, 0.1) is 27.9 Å². The van der Waals surface area contributed by atoms with Gasteiger partial charge in [-0.1, -0.05) is 18.2 Å². The lowest BCUT2D eigenvalue weighted by Gasteiger charge is -2.59. The van der Waals surface area contributed by atoms with E-state index in [-0.39, 0.29) is 60.3 Å². The Kier molecular flexibility index (Phi) is 6.36. The van der Waals surface area contributed by atoms with Crippen molar-refractivity contribution in [2.45, 2.75) is 74.4 Å². The van der Waals surface area contributed by atoms with Gasteiger partial charge in [0.1, 0.15) is 5.71 Å².